The molecule has 0 radical (unpaired) electrons. The maximum Gasteiger partial charge on any atom is 0.310 e. The number of methoxy groups -OCH3 is 1. The van der Waals surface area contributed by atoms with Gasteiger partial charge < -0.3 is 9.84 Å². The molecule has 0 amide bonds. The molecule has 0 aliphatic heterocycles. The molecule has 0 fully saturated rings. The van der Waals surface area contributed by atoms with Gasteiger partial charge in [-0.15, -0.1) is 5.10 Å². The molecular weight excluding hydrogens is 272 g/mol. The van der Waals surface area contributed by atoms with E-state index < -0.39 is 11.4 Å². The molecule has 2 aromatic rings. The smallest absolute Gasteiger partial charge is 0.310 e. The normalized spacial score (nSPS) is 11.4. The number of carboxylic acids is 1. The summed E-state index contributed by atoms with van der Waals surface area (Å²) in [5.41, 5.74) is 0.827. The van der Waals surface area contributed by atoms with Crippen molar-refractivity contribution in [2.45, 2.75) is 27.3 Å². The van der Waals surface area contributed by atoms with E-state index in [0.717, 1.165) is 16.9 Å². The Morgan fingerprint density at radius 2 is 2.14 bits per heavy atom. The van der Waals surface area contributed by atoms with Gasteiger partial charge in [-0.2, -0.15) is 0 Å². The Hall–Kier alpha value is -2.44. The SMILES string of the molecule is COc1cc(-c2nnnn2CC(C)(C)C(=O)O)ccc1C. The Bertz CT molecular complexity index is 664. The van der Waals surface area contributed by atoms with Crippen molar-refractivity contribution < 1.29 is 14.6 Å². The quantitative estimate of drug-likeness (QED) is 0.902. The van der Waals surface area contributed by atoms with Crippen LogP contribution in [0.5, 0.6) is 5.75 Å². The number of rotatable bonds is 5. The van der Waals surface area contributed by atoms with Crippen molar-refractivity contribution in [3.8, 4) is 17.1 Å². The first-order chi connectivity index (χ1) is 9.85. The van der Waals surface area contributed by atoms with Crippen molar-refractivity contribution >= 4 is 5.97 Å². The van der Waals surface area contributed by atoms with Crippen LogP contribution in [0.2, 0.25) is 0 Å². The molecule has 0 spiro atoms. The van der Waals surface area contributed by atoms with E-state index in [0.29, 0.717) is 5.82 Å². The van der Waals surface area contributed by atoms with Crippen LogP contribution in [0.15, 0.2) is 18.2 Å². The fourth-order valence-electron chi connectivity index (χ4n) is 1.92. The lowest BCUT2D eigenvalue weighted by atomic mass is 9.94. The van der Waals surface area contributed by atoms with Gasteiger partial charge in [-0.1, -0.05) is 12.1 Å². The molecular formula is C14H18N4O3. The summed E-state index contributed by atoms with van der Waals surface area (Å²) in [6, 6.07) is 5.63. The van der Waals surface area contributed by atoms with Crippen molar-refractivity contribution in [2.24, 2.45) is 5.41 Å². The second-order valence-corrected chi connectivity index (χ2v) is 5.53. The number of hydrogen-bond acceptors (Lipinski definition) is 5. The Labute approximate surface area is 122 Å². The summed E-state index contributed by atoms with van der Waals surface area (Å²) in [4.78, 5) is 11.2. The van der Waals surface area contributed by atoms with E-state index >= 15 is 0 Å². The zero-order chi connectivity index (χ0) is 15.6. The molecule has 0 saturated heterocycles. The average molecular weight is 290 g/mol. The molecule has 21 heavy (non-hydrogen) atoms. The van der Waals surface area contributed by atoms with E-state index in [1.807, 2.05) is 25.1 Å². The molecule has 112 valence electrons. The number of ether oxygens (including phenoxy) is 1. The predicted molar refractivity (Wildman–Crippen MR) is 76.0 cm³/mol. The molecule has 2 rings (SSSR count). The number of benzene rings is 1. The lowest BCUT2D eigenvalue weighted by Crippen LogP contribution is -2.30. The number of aromatic nitrogens is 4. The standard InChI is InChI=1S/C14H18N4O3/c1-9-5-6-10(7-11(9)21-4)12-15-16-17-18(12)8-14(2,3)13(19)20/h5-7H,8H2,1-4H3,(H,19,20). The van der Waals surface area contributed by atoms with Gasteiger partial charge in [-0.25, -0.2) is 4.68 Å². The molecule has 0 aliphatic carbocycles. The Morgan fingerprint density at radius 3 is 2.76 bits per heavy atom. The highest BCUT2D eigenvalue weighted by Gasteiger charge is 2.29. The van der Waals surface area contributed by atoms with Gasteiger partial charge in [0.1, 0.15) is 5.75 Å². The number of aliphatic carboxylic acids is 1. The van der Waals surface area contributed by atoms with Crippen LogP contribution in [-0.2, 0) is 11.3 Å². The Kier molecular flexibility index (Phi) is 3.93. The largest absolute Gasteiger partial charge is 0.496 e. The minimum absolute atomic E-state index is 0.181. The third-order valence-corrected chi connectivity index (χ3v) is 3.32. The van der Waals surface area contributed by atoms with Gasteiger partial charge in [0.25, 0.3) is 0 Å². The lowest BCUT2D eigenvalue weighted by Gasteiger charge is -2.19. The molecule has 0 saturated carbocycles. The van der Waals surface area contributed by atoms with Gasteiger partial charge >= 0.3 is 5.97 Å². The summed E-state index contributed by atoms with van der Waals surface area (Å²) in [5, 5.41) is 20.7. The van der Waals surface area contributed by atoms with E-state index in [-0.39, 0.29) is 6.54 Å². The summed E-state index contributed by atoms with van der Waals surface area (Å²) in [6.07, 6.45) is 0. The summed E-state index contributed by atoms with van der Waals surface area (Å²) >= 11 is 0. The van der Waals surface area contributed by atoms with Crippen LogP contribution in [0.4, 0.5) is 0 Å². The average Bonchev–Trinajstić information content (AvgIpc) is 2.86. The maximum atomic E-state index is 11.2. The Balaban J connectivity index is 2.39. The number of carbonyl (C=O) groups is 1. The van der Waals surface area contributed by atoms with Gasteiger partial charge in [0, 0.05) is 5.56 Å². The topological polar surface area (TPSA) is 90.1 Å². The third-order valence-electron chi connectivity index (χ3n) is 3.32. The van der Waals surface area contributed by atoms with Crippen molar-refractivity contribution in [1.82, 2.24) is 20.2 Å². The molecule has 1 aromatic carbocycles. The van der Waals surface area contributed by atoms with Gasteiger partial charge in [0.05, 0.1) is 19.1 Å². The van der Waals surface area contributed by atoms with E-state index in [2.05, 4.69) is 15.5 Å². The fourth-order valence-corrected chi connectivity index (χ4v) is 1.92. The van der Waals surface area contributed by atoms with Crippen LogP contribution < -0.4 is 4.74 Å². The summed E-state index contributed by atoms with van der Waals surface area (Å²) in [6.45, 7) is 5.40. The fraction of sp³-hybridized carbons (Fsp3) is 0.429. The highest BCUT2D eigenvalue weighted by atomic mass is 16.5. The van der Waals surface area contributed by atoms with Crippen molar-refractivity contribution in [3.05, 3.63) is 23.8 Å². The first-order valence-corrected chi connectivity index (χ1v) is 6.50. The summed E-state index contributed by atoms with van der Waals surface area (Å²) < 4.78 is 6.79. The lowest BCUT2D eigenvalue weighted by molar-refractivity contribution is -0.147. The number of nitrogens with zero attached hydrogens (tertiary/aromatic N) is 4. The molecule has 7 nitrogen and oxygen atoms in total. The second-order valence-electron chi connectivity index (χ2n) is 5.53. The second kappa shape index (κ2) is 5.51. The van der Waals surface area contributed by atoms with Crippen LogP contribution in [-0.4, -0.2) is 38.4 Å². The first kappa shape index (κ1) is 15.0. The third kappa shape index (κ3) is 3.01. The molecule has 0 atom stereocenters. The number of aryl methyl sites for hydroxylation is 1. The molecule has 1 aromatic heterocycles. The summed E-state index contributed by atoms with van der Waals surface area (Å²) in [5.74, 6) is 0.354. The molecule has 1 heterocycles. The van der Waals surface area contributed by atoms with Crippen molar-refractivity contribution in [3.63, 3.8) is 0 Å². The van der Waals surface area contributed by atoms with E-state index in [1.165, 1.54) is 4.68 Å². The molecule has 1 N–H and O–H groups in total. The van der Waals surface area contributed by atoms with Crippen molar-refractivity contribution in [1.29, 1.82) is 0 Å². The highest BCUT2D eigenvalue weighted by Crippen LogP contribution is 2.27. The minimum Gasteiger partial charge on any atom is -0.496 e. The number of tetrazole rings is 1. The van der Waals surface area contributed by atoms with Gasteiger partial charge in [-0.05, 0) is 42.8 Å². The first-order valence-electron chi connectivity index (χ1n) is 6.50. The van der Waals surface area contributed by atoms with Crippen LogP contribution in [0.1, 0.15) is 19.4 Å². The zero-order valence-corrected chi connectivity index (χ0v) is 12.5. The number of hydrogen-bond donors (Lipinski definition) is 1. The van der Waals surface area contributed by atoms with Crippen LogP contribution in [0.25, 0.3) is 11.4 Å². The van der Waals surface area contributed by atoms with Crippen LogP contribution in [0.3, 0.4) is 0 Å². The molecule has 7 heteroatoms. The van der Waals surface area contributed by atoms with Gasteiger partial charge in [0.2, 0.25) is 0 Å². The molecule has 0 aliphatic rings. The molecule has 0 unspecified atom stereocenters. The monoisotopic (exact) mass is 290 g/mol. The van der Waals surface area contributed by atoms with E-state index in [9.17, 15) is 9.90 Å². The molecule has 0 bridgehead atoms. The van der Waals surface area contributed by atoms with Crippen molar-refractivity contribution in [2.75, 3.05) is 7.11 Å². The van der Waals surface area contributed by atoms with Gasteiger partial charge in [-0.3, -0.25) is 4.79 Å². The maximum absolute atomic E-state index is 11.2. The minimum atomic E-state index is -0.959. The van der Waals surface area contributed by atoms with Gasteiger partial charge in [0.15, 0.2) is 5.82 Å². The van der Waals surface area contributed by atoms with E-state index in [4.69, 9.17) is 4.74 Å². The predicted octanol–water partition coefficient (Wildman–Crippen LogP) is 1.77. The Morgan fingerprint density at radius 1 is 1.43 bits per heavy atom. The van der Waals surface area contributed by atoms with E-state index in [1.54, 1.807) is 21.0 Å². The van der Waals surface area contributed by atoms with Crippen LogP contribution in [0, 0.1) is 12.3 Å². The highest BCUT2D eigenvalue weighted by molar-refractivity contribution is 5.73. The summed E-state index contributed by atoms with van der Waals surface area (Å²) in [7, 11) is 1.60. The zero-order valence-electron chi connectivity index (χ0n) is 12.5. The van der Waals surface area contributed by atoms with Crippen LogP contribution >= 0.6 is 0 Å². The number of carboxylic acid groups (broad SMARTS) is 1.